The van der Waals surface area contributed by atoms with E-state index < -0.39 is 15.9 Å². The van der Waals surface area contributed by atoms with E-state index in [0.717, 1.165) is 18.6 Å². The molecule has 0 aliphatic rings. The zero-order valence-electron chi connectivity index (χ0n) is 14.3. The van der Waals surface area contributed by atoms with Crippen molar-refractivity contribution < 1.29 is 17.7 Å². The van der Waals surface area contributed by atoms with Crippen LogP contribution in [0.1, 0.15) is 25.5 Å². The van der Waals surface area contributed by atoms with E-state index >= 15 is 0 Å². The minimum absolute atomic E-state index is 0.0595. The minimum atomic E-state index is -4.02. The minimum Gasteiger partial charge on any atom is -0.494 e. The highest BCUT2D eigenvalue weighted by Gasteiger charge is 2.10. The highest BCUT2D eigenvalue weighted by atomic mass is 32.2. The molecule has 0 bridgehead atoms. The van der Waals surface area contributed by atoms with E-state index in [4.69, 9.17) is 9.29 Å². The molecule has 25 heavy (non-hydrogen) atoms. The lowest BCUT2D eigenvalue weighted by Crippen LogP contribution is -2.13. The Bertz CT molecular complexity index is 813. The fraction of sp³-hybridized carbons (Fsp3) is 0.438. The van der Waals surface area contributed by atoms with Crippen LogP contribution in [0.25, 0.3) is 0 Å². The summed E-state index contributed by atoms with van der Waals surface area (Å²) in [5.74, 6) is 0.396. The number of hydrogen-bond donors (Lipinski definition) is 1. The van der Waals surface area contributed by atoms with Gasteiger partial charge in [0.15, 0.2) is 0 Å². The molecule has 9 heteroatoms. The number of nitrogens with zero attached hydrogens (tertiary/aromatic N) is 4. The molecule has 0 fully saturated rings. The van der Waals surface area contributed by atoms with Gasteiger partial charge in [-0.1, -0.05) is 13.3 Å². The Morgan fingerprint density at radius 1 is 1.24 bits per heavy atom. The summed E-state index contributed by atoms with van der Waals surface area (Å²) in [6, 6.07) is 7.30. The number of aromatic nitrogens is 2. The van der Waals surface area contributed by atoms with Crippen LogP contribution in [0.3, 0.4) is 0 Å². The van der Waals surface area contributed by atoms with Gasteiger partial charge in [-0.3, -0.25) is 9.23 Å². The Kier molecular flexibility index (Phi) is 6.65. The Labute approximate surface area is 147 Å². The lowest BCUT2D eigenvalue weighted by molar-refractivity contribution is 0.309. The predicted octanol–water partition coefficient (Wildman–Crippen LogP) is 3.67. The summed E-state index contributed by atoms with van der Waals surface area (Å²) < 4.78 is 37.5. The summed E-state index contributed by atoms with van der Waals surface area (Å²) in [6.07, 6.45) is 3.61. The molecule has 0 spiro atoms. The molecule has 136 valence electrons. The molecule has 0 saturated carbocycles. The second kappa shape index (κ2) is 8.72. The van der Waals surface area contributed by atoms with E-state index in [1.165, 1.54) is 10.9 Å². The smallest absolute Gasteiger partial charge is 0.266 e. The highest BCUT2D eigenvalue weighted by molar-refractivity contribution is 7.85. The summed E-state index contributed by atoms with van der Waals surface area (Å²) in [5.41, 5.74) is 1.89. The maximum Gasteiger partial charge on any atom is 0.266 e. The van der Waals surface area contributed by atoms with Gasteiger partial charge in [0.2, 0.25) is 0 Å². The van der Waals surface area contributed by atoms with Crippen molar-refractivity contribution in [2.24, 2.45) is 10.2 Å². The second-order valence-corrected chi connectivity index (χ2v) is 7.09. The largest absolute Gasteiger partial charge is 0.494 e. The molecule has 1 aromatic heterocycles. The number of unbranched alkanes of at least 4 members (excludes halogenated alkanes) is 1. The van der Waals surface area contributed by atoms with Crippen molar-refractivity contribution in [3.63, 3.8) is 0 Å². The molecule has 0 unspecified atom stereocenters. The first-order valence-corrected chi connectivity index (χ1v) is 9.62. The molecular formula is C16H22N4O4S. The highest BCUT2D eigenvalue weighted by Crippen LogP contribution is 2.23. The van der Waals surface area contributed by atoms with Gasteiger partial charge in [0.25, 0.3) is 10.1 Å². The van der Waals surface area contributed by atoms with Crippen molar-refractivity contribution in [3.8, 4) is 5.75 Å². The Hall–Kier alpha value is -2.26. The molecule has 0 aliphatic carbocycles. The van der Waals surface area contributed by atoms with Crippen molar-refractivity contribution in [3.05, 3.63) is 36.2 Å². The van der Waals surface area contributed by atoms with E-state index in [-0.39, 0.29) is 6.54 Å². The van der Waals surface area contributed by atoms with Crippen LogP contribution in [-0.4, -0.2) is 35.1 Å². The summed E-state index contributed by atoms with van der Waals surface area (Å²) >= 11 is 0. The van der Waals surface area contributed by atoms with Crippen molar-refractivity contribution in [1.82, 2.24) is 9.78 Å². The van der Waals surface area contributed by atoms with Crippen molar-refractivity contribution >= 4 is 21.5 Å². The average Bonchev–Trinajstić information content (AvgIpc) is 2.92. The van der Waals surface area contributed by atoms with Crippen LogP contribution in [0.5, 0.6) is 5.75 Å². The van der Waals surface area contributed by atoms with Gasteiger partial charge in [-0.15, -0.1) is 5.11 Å². The number of aryl methyl sites for hydroxylation is 1. The molecule has 0 radical (unpaired) electrons. The van der Waals surface area contributed by atoms with Crippen LogP contribution in [0.2, 0.25) is 0 Å². The molecule has 8 nitrogen and oxygen atoms in total. The molecule has 0 aliphatic heterocycles. The topological polar surface area (TPSA) is 106 Å². The summed E-state index contributed by atoms with van der Waals surface area (Å²) in [4.78, 5) is 0. The zero-order valence-corrected chi connectivity index (χ0v) is 15.1. The number of hydrogen-bond acceptors (Lipinski definition) is 6. The van der Waals surface area contributed by atoms with Crippen LogP contribution in [0.15, 0.2) is 40.7 Å². The molecule has 0 amide bonds. The fourth-order valence-corrected chi connectivity index (χ4v) is 2.42. The Morgan fingerprint density at radius 2 is 1.96 bits per heavy atom. The van der Waals surface area contributed by atoms with Crippen LogP contribution in [0, 0.1) is 6.92 Å². The molecule has 0 saturated heterocycles. The van der Waals surface area contributed by atoms with Gasteiger partial charge in [-0.25, -0.2) is 0 Å². The maximum absolute atomic E-state index is 10.8. The van der Waals surface area contributed by atoms with Crippen LogP contribution in [0.4, 0.5) is 11.4 Å². The first kappa shape index (κ1) is 19.1. The number of benzene rings is 1. The van der Waals surface area contributed by atoms with Gasteiger partial charge in [0, 0.05) is 0 Å². The SMILES string of the molecule is CCCCOc1ccc(/N=N/c2cnn(CCS(=O)(=O)O)c2C)cc1. The van der Waals surface area contributed by atoms with E-state index in [1.54, 1.807) is 6.92 Å². The van der Waals surface area contributed by atoms with Gasteiger partial charge >= 0.3 is 0 Å². The monoisotopic (exact) mass is 366 g/mol. The predicted molar refractivity (Wildman–Crippen MR) is 94.4 cm³/mol. The van der Waals surface area contributed by atoms with E-state index in [0.29, 0.717) is 23.7 Å². The standard InChI is InChI=1S/C16H22N4O4S/c1-3-4-10-24-15-7-5-14(6-8-15)18-19-16-12-17-20(13(16)2)9-11-25(21,22)23/h5-8,12H,3-4,9-11H2,1-2H3,(H,21,22,23)/b19-18+. The third-order valence-corrected chi connectivity index (χ3v) is 4.21. The lowest BCUT2D eigenvalue weighted by Gasteiger charge is -2.04. The summed E-state index contributed by atoms with van der Waals surface area (Å²) in [7, 11) is -4.02. The van der Waals surface area contributed by atoms with Crippen LogP contribution >= 0.6 is 0 Å². The third kappa shape index (κ3) is 6.28. The van der Waals surface area contributed by atoms with Crippen LogP contribution in [-0.2, 0) is 16.7 Å². The van der Waals surface area contributed by atoms with E-state index in [2.05, 4.69) is 22.3 Å². The Balaban J connectivity index is 1.98. The molecule has 1 heterocycles. The molecular weight excluding hydrogens is 344 g/mol. The first-order chi connectivity index (χ1) is 11.9. The molecule has 1 N–H and O–H groups in total. The quantitative estimate of drug-likeness (QED) is 0.414. The van der Waals surface area contributed by atoms with Crippen molar-refractivity contribution in [1.29, 1.82) is 0 Å². The molecule has 0 atom stereocenters. The van der Waals surface area contributed by atoms with E-state index in [1.807, 2.05) is 24.3 Å². The number of rotatable bonds is 9. The van der Waals surface area contributed by atoms with E-state index in [9.17, 15) is 8.42 Å². The second-order valence-electron chi connectivity index (χ2n) is 5.52. The normalized spacial score (nSPS) is 12.0. The van der Waals surface area contributed by atoms with Crippen molar-refractivity contribution in [2.45, 2.75) is 33.2 Å². The van der Waals surface area contributed by atoms with Crippen molar-refractivity contribution in [2.75, 3.05) is 12.4 Å². The summed E-state index contributed by atoms with van der Waals surface area (Å²) in [6.45, 7) is 4.62. The maximum atomic E-state index is 10.8. The lowest BCUT2D eigenvalue weighted by atomic mass is 10.3. The zero-order chi connectivity index (χ0) is 18.3. The molecule has 2 aromatic rings. The van der Waals surface area contributed by atoms with Crippen LogP contribution < -0.4 is 4.74 Å². The number of ether oxygens (including phenoxy) is 1. The van der Waals surface area contributed by atoms with Gasteiger partial charge in [0.05, 0.1) is 36.5 Å². The van der Waals surface area contributed by atoms with Gasteiger partial charge in [0.1, 0.15) is 11.4 Å². The average molecular weight is 366 g/mol. The fourth-order valence-electron chi connectivity index (χ4n) is 2.02. The molecule has 2 rings (SSSR count). The Morgan fingerprint density at radius 3 is 2.60 bits per heavy atom. The van der Waals surface area contributed by atoms with Gasteiger partial charge in [-0.05, 0) is 37.6 Å². The first-order valence-electron chi connectivity index (χ1n) is 8.01. The van der Waals surface area contributed by atoms with Gasteiger partial charge < -0.3 is 4.74 Å². The summed E-state index contributed by atoms with van der Waals surface area (Å²) in [5, 5.41) is 12.3. The number of azo groups is 1. The third-order valence-electron chi connectivity index (χ3n) is 3.51. The van der Waals surface area contributed by atoms with Gasteiger partial charge in [-0.2, -0.15) is 18.6 Å². The molecule has 1 aromatic carbocycles.